The molecule has 0 aromatic heterocycles. The Hall–Kier alpha value is -0.0800. The van der Waals surface area contributed by atoms with Gasteiger partial charge in [-0.2, -0.15) is 0 Å². The van der Waals surface area contributed by atoms with Crippen LogP contribution in [0.4, 0.5) is 0 Å². The third kappa shape index (κ3) is 3.55. The molecular formula is C10H22N2. The molecule has 1 saturated carbocycles. The summed E-state index contributed by atoms with van der Waals surface area (Å²) in [6.45, 7) is 7.72. The van der Waals surface area contributed by atoms with Crippen LogP contribution in [0.2, 0.25) is 0 Å². The van der Waals surface area contributed by atoms with Crippen molar-refractivity contribution in [1.82, 2.24) is 5.32 Å². The fourth-order valence-electron chi connectivity index (χ4n) is 1.44. The average molecular weight is 170 g/mol. The molecule has 0 bridgehead atoms. The van der Waals surface area contributed by atoms with Crippen LogP contribution < -0.4 is 11.1 Å². The topological polar surface area (TPSA) is 38.0 Å². The monoisotopic (exact) mass is 170 g/mol. The van der Waals surface area contributed by atoms with E-state index < -0.39 is 0 Å². The first-order valence-electron chi connectivity index (χ1n) is 5.14. The Morgan fingerprint density at radius 2 is 2.25 bits per heavy atom. The van der Waals surface area contributed by atoms with E-state index in [1.165, 1.54) is 19.4 Å². The van der Waals surface area contributed by atoms with Crippen LogP contribution in [0.1, 0.15) is 26.7 Å². The minimum Gasteiger partial charge on any atom is -0.330 e. The number of rotatable bonds is 6. The van der Waals surface area contributed by atoms with E-state index in [2.05, 4.69) is 19.2 Å². The third-order valence-corrected chi connectivity index (χ3v) is 2.90. The molecule has 0 aromatic rings. The van der Waals surface area contributed by atoms with E-state index >= 15 is 0 Å². The SMILES string of the molecule is CC(CN)CCNCC1CC1C. The number of nitrogens with one attached hydrogen (secondary N) is 1. The molecule has 1 fully saturated rings. The summed E-state index contributed by atoms with van der Waals surface area (Å²) >= 11 is 0. The first-order valence-corrected chi connectivity index (χ1v) is 5.14. The van der Waals surface area contributed by atoms with Gasteiger partial charge in [-0.15, -0.1) is 0 Å². The molecule has 2 nitrogen and oxygen atoms in total. The van der Waals surface area contributed by atoms with Crippen LogP contribution in [0, 0.1) is 17.8 Å². The van der Waals surface area contributed by atoms with Gasteiger partial charge in [0.25, 0.3) is 0 Å². The molecule has 0 heterocycles. The molecule has 3 N–H and O–H groups in total. The van der Waals surface area contributed by atoms with Gasteiger partial charge < -0.3 is 11.1 Å². The van der Waals surface area contributed by atoms with Crippen LogP contribution in [-0.2, 0) is 0 Å². The maximum atomic E-state index is 5.52. The summed E-state index contributed by atoms with van der Waals surface area (Å²) in [5, 5.41) is 3.49. The fourth-order valence-corrected chi connectivity index (χ4v) is 1.44. The maximum Gasteiger partial charge on any atom is -0.00179 e. The molecule has 72 valence electrons. The molecule has 1 aliphatic rings. The molecule has 3 unspecified atom stereocenters. The van der Waals surface area contributed by atoms with Crippen molar-refractivity contribution >= 4 is 0 Å². The van der Waals surface area contributed by atoms with Gasteiger partial charge in [-0.1, -0.05) is 13.8 Å². The van der Waals surface area contributed by atoms with Crippen LogP contribution in [0.5, 0.6) is 0 Å². The normalized spacial score (nSPS) is 30.2. The van der Waals surface area contributed by atoms with Gasteiger partial charge >= 0.3 is 0 Å². The molecule has 2 heteroatoms. The summed E-state index contributed by atoms with van der Waals surface area (Å²) in [4.78, 5) is 0. The second-order valence-electron chi connectivity index (χ2n) is 4.31. The van der Waals surface area contributed by atoms with Gasteiger partial charge in [0.2, 0.25) is 0 Å². The Morgan fingerprint density at radius 3 is 2.75 bits per heavy atom. The minimum absolute atomic E-state index is 0.675. The summed E-state index contributed by atoms with van der Waals surface area (Å²) < 4.78 is 0. The van der Waals surface area contributed by atoms with Crippen molar-refractivity contribution in [3.8, 4) is 0 Å². The molecule has 3 atom stereocenters. The van der Waals surface area contributed by atoms with E-state index in [9.17, 15) is 0 Å². The molecule has 0 aliphatic heterocycles. The van der Waals surface area contributed by atoms with Crippen molar-refractivity contribution < 1.29 is 0 Å². The molecule has 0 spiro atoms. The Bertz CT molecular complexity index is 119. The van der Waals surface area contributed by atoms with Crippen molar-refractivity contribution in [2.24, 2.45) is 23.5 Å². The van der Waals surface area contributed by atoms with E-state index in [1.54, 1.807) is 0 Å². The Morgan fingerprint density at radius 1 is 1.58 bits per heavy atom. The van der Waals surface area contributed by atoms with E-state index in [-0.39, 0.29) is 0 Å². The van der Waals surface area contributed by atoms with E-state index in [4.69, 9.17) is 5.73 Å². The summed E-state index contributed by atoms with van der Waals surface area (Å²) in [7, 11) is 0. The number of nitrogens with two attached hydrogens (primary N) is 1. The predicted octanol–water partition coefficient (Wildman–Crippen LogP) is 1.22. The highest BCUT2D eigenvalue weighted by atomic mass is 14.9. The standard InChI is InChI=1S/C10H22N2/c1-8(6-11)3-4-12-7-10-5-9(10)2/h8-10,12H,3-7,11H2,1-2H3. The summed E-state index contributed by atoms with van der Waals surface area (Å²) in [5.41, 5.74) is 5.52. The van der Waals surface area contributed by atoms with Crippen LogP contribution in [0.3, 0.4) is 0 Å². The first-order chi connectivity index (χ1) is 5.74. The van der Waals surface area contributed by atoms with Crippen molar-refractivity contribution in [2.45, 2.75) is 26.7 Å². The van der Waals surface area contributed by atoms with Crippen molar-refractivity contribution in [3.63, 3.8) is 0 Å². The zero-order valence-electron chi connectivity index (χ0n) is 8.34. The van der Waals surface area contributed by atoms with Gasteiger partial charge in [0.05, 0.1) is 0 Å². The summed E-state index contributed by atoms with van der Waals surface area (Å²) in [5.74, 6) is 2.62. The van der Waals surface area contributed by atoms with E-state index in [0.717, 1.165) is 24.9 Å². The largest absolute Gasteiger partial charge is 0.330 e. The van der Waals surface area contributed by atoms with Crippen LogP contribution in [0.15, 0.2) is 0 Å². The zero-order chi connectivity index (χ0) is 8.97. The highest BCUT2D eigenvalue weighted by Gasteiger charge is 2.31. The van der Waals surface area contributed by atoms with E-state index in [1.807, 2.05) is 0 Å². The van der Waals surface area contributed by atoms with E-state index in [0.29, 0.717) is 5.92 Å². The average Bonchev–Trinajstić information content (AvgIpc) is 2.75. The third-order valence-electron chi connectivity index (χ3n) is 2.90. The second kappa shape index (κ2) is 4.83. The molecular weight excluding hydrogens is 148 g/mol. The highest BCUT2D eigenvalue weighted by molar-refractivity contribution is 4.83. The molecule has 0 aromatic carbocycles. The summed E-state index contributed by atoms with van der Waals surface area (Å²) in [6, 6.07) is 0. The van der Waals surface area contributed by atoms with Crippen LogP contribution >= 0.6 is 0 Å². The number of hydrogen-bond acceptors (Lipinski definition) is 2. The van der Waals surface area contributed by atoms with Crippen molar-refractivity contribution in [2.75, 3.05) is 19.6 Å². The first kappa shape index (κ1) is 10.0. The lowest BCUT2D eigenvalue weighted by atomic mass is 10.1. The van der Waals surface area contributed by atoms with Crippen molar-refractivity contribution in [1.29, 1.82) is 0 Å². The van der Waals surface area contributed by atoms with Gasteiger partial charge in [0.1, 0.15) is 0 Å². The van der Waals surface area contributed by atoms with Gasteiger partial charge in [-0.05, 0) is 50.2 Å². The van der Waals surface area contributed by atoms with Crippen LogP contribution in [0.25, 0.3) is 0 Å². The summed E-state index contributed by atoms with van der Waals surface area (Å²) in [6.07, 6.45) is 2.65. The molecule has 0 radical (unpaired) electrons. The lowest BCUT2D eigenvalue weighted by Gasteiger charge is -2.08. The molecule has 0 saturated heterocycles. The fraction of sp³-hybridized carbons (Fsp3) is 1.00. The minimum atomic E-state index is 0.675. The maximum absolute atomic E-state index is 5.52. The Balaban J connectivity index is 1.83. The number of hydrogen-bond donors (Lipinski definition) is 2. The Labute approximate surface area is 75.9 Å². The lowest BCUT2D eigenvalue weighted by Crippen LogP contribution is -2.22. The molecule has 0 amide bonds. The predicted molar refractivity (Wildman–Crippen MR) is 53.0 cm³/mol. The Kier molecular flexibility index (Phi) is 4.02. The highest BCUT2D eigenvalue weighted by Crippen LogP contribution is 2.36. The van der Waals surface area contributed by atoms with Gasteiger partial charge in [0.15, 0.2) is 0 Å². The molecule has 1 aliphatic carbocycles. The van der Waals surface area contributed by atoms with Crippen molar-refractivity contribution in [3.05, 3.63) is 0 Å². The molecule has 1 rings (SSSR count). The molecule has 12 heavy (non-hydrogen) atoms. The zero-order valence-corrected chi connectivity index (χ0v) is 8.34. The smallest absolute Gasteiger partial charge is 0.00179 e. The quantitative estimate of drug-likeness (QED) is 0.588. The van der Waals surface area contributed by atoms with Crippen LogP contribution in [-0.4, -0.2) is 19.6 Å². The lowest BCUT2D eigenvalue weighted by molar-refractivity contribution is 0.498. The van der Waals surface area contributed by atoms with Gasteiger partial charge in [-0.25, -0.2) is 0 Å². The van der Waals surface area contributed by atoms with Gasteiger partial charge in [0, 0.05) is 0 Å². The second-order valence-corrected chi connectivity index (χ2v) is 4.31. The van der Waals surface area contributed by atoms with Gasteiger partial charge in [-0.3, -0.25) is 0 Å².